The number of aliphatic hydroxyl groups excluding tert-OH is 1. The van der Waals surface area contributed by atoms with Gasteiger partial charge >= 0.3 is 0 Å². The van der Waals surface area contributed by atoms with Gasteiger partial charge in [-0.1, -0.05) is 13.8 Å². The van der Waals surface area contributed by atoms with Crippen molar-refractivity contribution in [3.8, 4) is 0 Å². The predicted molar refractivity (Wildman–Crippen MR) is 96.3 cm³/mol. The maximum absolute atomic E-state index is 12.4. The Balaban J connectivity index is 1.72. The molecule has 2 saturated heterocycles. The van der Waals surface area contributed by atoms with Gasteiger partial charge in [0.25, 0.3) is 5.56 Å². The van der Waals surface area contributed by atoms with Gasteiger partial charge in [-0.2, -0.15) is 4.98 Å². The number of nitrogens with zero attached hydrogens (tertiary/aromatic N) is 3. The fourth-order valence-electron chi connectivity index (χ4n) is 3.53. The summed E-state index contributed by atoms with van der Waals surface area (Å²) in [6.07, 6.45) is -0.475. The van der Waals surface area contributed by atoms with Crippen molar-refractivity contribution in [2.24, 2.45) is 5.92 Å². The second-order valence-electron chi connectivity index (χ2n) is 7.83. The van der Waals surface area contributed by atoms with Crippen molar-refractivity contribution in [3.63, 3.8) is 0 Å². The van der Waals surface area contributed by atoms with Gasteiger partial charge in [0.1, 0.15) is 18.3 Å². The van der Waals surface area contributed by atoms with Gasteiger partial charge in [0, 0.05) is 6.54 Å². The molecule has 10 nitrogen and oxygen atoms in total. The second kappa shape index (κ2) is 6.55. The average Bonchev–Trinajstić information content (AvgIpc) is 3.23. The summed E-state index contributed by atoms with van der Waals surface area (Å²) >= 11 is 0. The normalized spacial score (nSPS) is 29.6. The zero-order valence-corrected chi connectivity index (χ0v) is 15.8. The first-order valence-corrected chi connectivity index (χ1v) is 9.12. The molecule has 4 heterocycles. The molecule has 0 aromatic carbocycles. The third-order valence-electron chi connectivity index (χ3n) is 4.69. The van der Waals surface area contributed by atoms with E-state index in [-0.39, 0.29) is 17.7 Å². The summed E-state index contributed by atoms with van der Waals surface area (Å²) < 4.78 is 19.5. The molecular weight excluding hydrogens is 354 g/mol. The van der Waals surface area contributed by atoms with Crippen LogP contribution < -0.4 is 10.9 Å². The fourth-order valence-corrected chi connectivity index (χ4v) is 3.53. The molecule has 0 bridgehead atoms. The number of hydrogen-bond acceptors (Lipinski definition) is 8. The number of nitrogens with one attached hydrogen (secondary N) is 2. The number of ether oxygens (including phenoxy) is 3. The highest BCUT2D eigenvalue weighted by Gasteiger charge is 2.56. The van der Waals surface area contributed by atoms with Crippen LogP contribution in [0, 0.1) is 5.92 Å². The molecule has 0 amide bonds. The molecule has 2 aliphatic heterocycles. The van der Waals surface area contributed by atoms with Gasteiger partial charge in [-0.25, -0.2) is 4.98 Å². The summed E-state index contributed by atoms with van der Waals surface area (Å²) in [5.41, 5.74) is 0.277. The molecule has 2 fully saturated rings. The first-order valence-electron chi connectivity index (χ1n) is 9.12. The molecule has 0 aliphatic carbocycles. The predicted octanol–water partition coefficient (Wildman–Crippen LogP) is 0.597. The van der Waals surface area contributed by atoms with E-state index in [2.05, 4.69) is 34.1 Å². The highest BCUT2D eigenvalue weighted by atomic mass is 16.8. The highest BCUT2D eigenvalue weighted by molar-refractivity contribution is 5.71. The number of imidazole rings is 1. The maximum atomic E-state index is 12.4. The Morgan fingerprint density at radius 3 is 2.81 bits per heavy atom. The van der Waals surface area contributed by atoms with Gasteiger partial charge in [0.2, 0.25) is 5.95 Å². The van der Waals surface area contributed by atoms with Gasteiger partial charge in [0.15, 0.2) is 23.2 Å². The zero-order valence-electron chi connectivity index (χ0n) is 15.8. The molecule has 27 heavy (non-hydrogen) atoms. The van der Waals surface area contributed by atoms with Crippen LogP contribution in [0.15, 0.2) is 11.1 Å². The molecule has 0 radical (unpaired) electrons. The Hall–Kier alpha value is -2.01. The monoisotopic (exact) mass is 379 g/mol. The minimum atomic E-state index is -0.782. The number of rotatable bonds is 5. The Kier molecular flexibility index (Phi) is 4.46. The quantitative estimate of drug-likeness (QED) is 0.690. The van der Waals surface area contributed by atoms with E-state index < -0.39 is 30.3 Å². The van der Waals surface area contributed by atoms with E-state index >= 15 is 0 Å². The van der Waals surface area contributed by atoms with Crippen LogP contribution in [-0.2, 0) is 14.2 Å². The molecule has 0 spiro atoms. The molecule has 2 aliphatic rings. The molecule has 0 saturated carbocycles. The molecule has 4 rings (SSSR count). The van der Waals surface area contributed by atoms with Gasteiger partial charge < -0.3 is 24.6 Å². The largest absolute Gasteiger partial charge is 0.394 e. The van der Waals surface area contributed by atoms with E-state index in [1.165, 1.54) is 6.33 Å². The topological polar surface area (TPSA) is 124 Å². The van der Waals surface area contributed by atoms with Crippen LogP contribution in [0.5, 0.6) is 0 Å². The molecule has 2 aromatic heterocycles. The third-order valence-corrected chi connectivity index (χ3v) is 4.69. The SMILES string of the molecule is CC(C)CNc1nc2c(ncn2[C@@H]2O[C@H](CO)[C@@H]3OC(C)(C)OC32)c(=O)[nH]1. The molecule has 3 N–H and O–H groups in total. The summed E-state index contributed by atoms with van der Waals surface area (Å²) in [5.74, 6) is -0.0118. The number of aliphatic hydroxyl groups is 1. The lowest BCUT2D eigenvalue weighted by Gasteiger charge is -2.24. The van der Waals surface area contributed by atoms with E-state index in [0.29, 0.717) is 24.1 Å². The third kappa shape index (κ3) is 3.22. The van der Waals surface area contributed by atoms with Crippen molar-refractivity contribution in [2.45, 2.75) is 58.0 Å². The van der Waals surface area contributed by atoms with Crippen molar-refractivity contribution < 1.29 is 19.3 Å². The molecule has 2 aromatic rings. The number of fused-ring (bicyclic) bond motifs is 2. The molecule has 1 unspecified atom stereocenters. The Bertz CT molecular complexity index is 891. The summed E-state index contributed by atoms with van der Waals surface area (Å²) in [4.78, 5) is 23.8. The summed E-state index contributed by atoms with van der Waals surface area (Å²) in [6, 6.07) is 0. The number of hydrogen-bond donors (Lipinski definition) is 3. The van der Waals surface area contributed by atoms with Crippen LogP contribution in [0.4, 0.5) is 5.95 Å². The lowest BCUT2D eigenvalue weighted by molar-refractivity contribution is -0.199. The Morgan fingerprint density at radius 1 is 1.37 bits per heavy atom. The van der Waals surface area contributed by atoms with Gasteiger partial charge in [-0.05, 0) is 19.8 Å². The minimum absolute atomic E-state index is 0.195. The van der Waals surface area contributed by atoms with Gasteiger partial charge in [-0.15, -0.1) is 0 Å². The van der Waals surface area contributed by atoms with Crippen LogP contribution in [-0.4, -0.2) is 61.9 Å². The Labute approximate surface area is 155 Å². The molecular formula is C17H25N5O5. The van der Waals surface area contributed by atoms with Gasteiger partial charge in [-0.3, -0.25) is 14.3 Å². The van der Waals surface area contributed by atoms with Crippen molar-refractivity contribution in [2.75, 3.05) is 18.5 Å². The van der Waals surface area contributed by atoms with Crippen LogP contribution >= 0.6 is 0 Å². The van der Waals surface area contributed by atoms with Crippen molar-refractivity contribution >= 4 is 17.1 Å². The summed E-state index contributed by atoms with van der Waals surface area (Å²) in [6.45, 7) is 8.24. The molecule has 148 valence electrons. The first kappa shape index (κ1) is 18.4. The van der Waals surface area contributed by atoms with Crippen LogP contribution in [0.25, 0.3) is 11.2 Å². The number of aromatic amines is 1. The van der Waals surface area contributed by atoms with Crippen molar-refractivity contribution in [1.82, 2.24) is 19.5 Å². The van der Waals surface area contributed by atoms with Crippen LogP contribution in [0.3, 0.4) is 0 Å². The first-order chi connectivity index (χ1) is 12.8. The van der Waals surface area contributed by atoms with Crippen LogP contribution in [0.1, 0.15) is 33.9 Å². The van der Waals surface area contributed by atoms with E-state index in [4.69, 9.17) is 14.2 Å². The number of aromatic nitrogens is 4. The van der Waals surface area contributed by atoms with E-state index in [0.717, 1.165) is 0 Å². The number of anilines is 1. The fraction of sp³-hybridized carbons (Fsp3) is 0.706. The standard InChI is InChI=1S/C17H25N5O5/c1-8(2)5-18-16-20-13-10(14(24)21-16)19-7-22(13)15-12-11(9(6-23)25-15)26-17(3,4)27-12/h7-9,11-12,15,23H,5-6H2,1-4H3,(H2,18,20,21,24)/t9-,11+,12?,15-/m1/s1. The summed E-state index contributed by atoms with van der Waals surface area (Å²) in [5, 5.41) is 12.8. The van der Waals surface area contributed by atoms with Crippen molar-refractivity contribution in [1.29, 1.82) is 0 Å². The van der Waals surface area contributed by atoms with E-state index in [1.54, 1.807) is 4.57 Å². The summed E-state index contributed by atoms with van der Waals surface area (Å²) in [7, 11) is 0. The van der Waals surface area contributed by atoms with Crippen molar-refractivity contribution in [3.05, 3.63) is 16.7 Å². The lowest BCUT2D eigenvalue weighted by Crippen LogP contribution is -2.31. The van der Waals surface area contributed by atoms with E-state index in [1.807, 2.05) is 13.8 Å². The Morgan fingerprint density at radius 2 is 2.11 bits per heavy atom. The molecule has 4 atom stereocenters. The average molecular weight is 379 g/mol. The minimum Gasteiger partial charge on any atom is -0.394 e. The van der Waals surface area contributed by atoms with Crippen LogP contribution in [0.2, 0.25) is 0 Å². The lowest BCUT2D eigenvalue weighted by atomic mass is 10.1. The van der Waals surface area contributed by atoms with E-state index in [9.17, 15) is 9.90 Å². The second-order valence-corrected chi connectivity index (χ2v) is 7.83. The smallest absolute Gasteiger partial charge is 0.280 e. The molecule has 10 heteroatoms. The van der Waals surface area contributed by atoms with Gasteiger partial charge in [0.05, 0.1) is 12.9 Å². The zero-order chi connectivity index (χ0) is 19.3. The highest BCUT2D eigenvalue weighted by Crippen LogP contribution is 2.43. The number of H-pyrrole nitrogens is 1. The maximum Gasteiger partial charge on any atom is 0.280 e.